The van der Waals surface area contributed by atoms with Gasteiger partial charge in [0.1, 0.15) is 0 Å². The molecular weight excluding hydrogens is 365 g/mol. The van der Waals surface area contributed by atoms with E-state index in [1.165, 1.54) is 5.57 Å². The molecule has 0 amide bonds. The maximum absolute atomic E-state index is 6.54. The first-order valence-corrected chi connectivity index (χ1v) is 9.41. The number of hydrogen-bond acceptors (Lipinski definition) is 2. The summed E-state index contributed by atoms with van der Waals surface area (Å²) < 4.78 is 1.99. The third-order valence-electron chi connectivity index (χ3n) is 4.68. The molecule has 3 aromatic rings. The highest BCUT2D eigenvalue weighted by Gasteiger charge is 2.22. The van der Waals surface area contributed by atoms with Gasteiger partial charge in [0.15, 0.2) is 0 Å². The number of nitrogens with zero attached hydrogens (tertiary/aromatic N) is 2. The van der Waals surface area contributed by atoms with Crippen LogP contribution in [0.1, 0.15) is 17.7 Å². The van der Waals surface area contributed by atoms with E-state index in [0.717, 1.165) is 47.7 Å². The van der Waals surface area contributed by atoms with Crippen LogP contribution >= 0.6 is 23.2 Å². The highest BCUT2D eigenvalue weighted by molar-refractivity contribution is 6.36. The molecule has 0 saturated heterocycles. The average molecular weight is 384 g/mol. The Morgan fingerprint density at radius 1 is 1.08 bits per heavy atom. The molecule has 1 aromatic heterocycles. The van der Waals surface area contributed by atoms with Gasteiger partial charge in [-0.15, -0.1) is 0 Å². The zero-order chi connectivity index (χ0) is 18.1. The summed E-state index contributed by atoms with van der Waals surface area (Å²) in [7, 11) is 0. The number of hydrogen-bond donors (Lipinski definition) is 1. The SMILES string of the molecule is Cc1c(C2=CCNCC2)nn(-c2ccccc2)c1-c1ccc(Cl)cc1Cl. The Kier molecular flexibility index (Phi) is 4.86. The standard InChI is InChI=1S/C21H19Cl2N3/c1-14-20(15-9-11-24-12-10-15)25-26(17-5-3-2-4-6-17)21(14)18-8-7-16(22)13-19(18)23/h2-9,13,24H,10-12H2,1H3. The Morgan fingerprint density at radius 2 is 1.88 bits per heavy atom. The van der Waals surface area contributed by atoms with Crippen LogP contribution in [0.15, 0.2) is 54.6 Å². The summed E-state index contributed by atoms with van der Waals surface area (Å²) in [6, 6.07) is 15.8. The molecule has 2 aromatic carbocycles. The van der Waals surface area contributed by atoms with Crippen LogP contribution in [0.2, 0.25) is 10.0 Å². The fraction of sp³-hybridized carbons (Fsp3) is 0.190. The summed E-state index contributed by atoms with van der Waals surface area (Å²) in [6.07, 6.45) is 3.20. The Morgan fingerprint density at radius 3 is 2.58 bits per heavy atom. The summed E-state index contributed by atoms with van der Waals surface area (Å²) >= 11 is 12.6. The van der Waals surface area contributed by atoms with E-state index in [2.05, 4.69) is 30.4 Å². The number of aromatic nitrogens is 2. The third-order valence-corrected chi connectivity index (χ3v) is 5.23. The molecule has 3 nitrogen and oxygen atoms in total. The van der Waals surface area contributed by atoms with Gasteiger partial charge in [-0.05, 0) is 55.8 Å². The molecule has 5 heteroatoms. The largest absolute Gasteiger partial charge is 0.313 e. The van der Waals surface area contributed by atoms with E-state index in [1.807, 2.05) is 35.0 Å². The highest BCUT2D eigenvalue weighted by atomic mass is 35.5. The minimum absolute atomic E-state index is 0.628. The fourth-order valence-corrected chi connectivity index (χ4v) is 3.89. The highest BCUT2D eigenvalue weighted by Crippen LogP contribution is 2.37. The van der Waals surface area contributed by atoms with Gasteiger partial charge in [-0.3, -0.25) is 0 Å². The molecule has 2 heterocycles. The number of halogens is 2. The molecule has 0 bridgehead atoms. The van der Waals surface area contributed by atoms with Crippen molar-refractivity contribution >= 4 is 28.8 Å². The molecule has 0 aliphatic carbocycles. The summed E-state index contributed by atoms with van der Waals surface area (Å²) in [5.41, 5.74) is 6.40. The lowest BCUT2D eigenvalue weighted by Gasteiger charge is -2.12. The van der Waals surface area contributed by atoms with Crippen LogP contribution in [-0.2, 0) is 0 Å². The number of rotatable bonds is 3. The van der Waals surface area contributed by atoms with Crippen molar-refractivity contribution in [3.63, 3.8) is 0 Å². The molecule has 132 valence electrons. The summed E-state index contributed by atoms with van der Waals surface area (Å²) in [5.74, 6) is 0. The Labute approximate surface area is 163 Å². The van der Waals surface area contributed by atoms with Gasteiger partial charge in [0.25, 0.3) is 0 Å². The van der Waals surface area contributed by atoms with Crippen LogP contribution in [0.25, 0.3) is 22.5 Å². The quantitative estimate of drug-likeness (QED) is 0.643. The van der Waals surface area contributed by atoms with Crippen molar-refractivity contribution in [3.8, 4) is 16.9 Å². The third kappa shape index (κ3) is 3.18. The maximum atomic E-state index is 6.54. The van der Waals surface area contributed by atoms with E-state index >= 15 is 0 Å². The van der Waals surface area contributed by atoms with E-state index in [-0.39, 0.29) is 0 Å². The van der Waals surface area contributed by atoms with Gasteiger partial charge >= 0.3 is 0 Å². The minimum Gasteiger partial charge on any atom is -0.313 e. The first kappa shape index (κ1) is 17.3. The zero-order valence-electron chi connectivity index (χ0n) is 14.5. The lowest BCUT2D eigenvalue weighted by Crippen LogP contribution is -2.20. The molecule has 1 aliphatic rings. The van der Waals surface area contributed by atoms with Crippen LogP contribution in [0.4, 0.5) is 0 Å². The molecule has 1 aliphatic heterocycles. The molecule has 0 fully saturated rings. The predicted molar refractivity (Wildman–Crippen MR) is 109 cm³/mol. The Bertz CT molecular complexity index is 974. The first-order valence-electron chi connectivity index (χ1n) is 8.66. The van der Waals surface area contributed by atoms with Crippen molar-refractivity contribution < 1.29 is 0 Å². The molecule has 1 N–H and O–H groups in total. The van der Waals surface area contributed by atoms with Crippen LogP contribution in [-0.4, -0.2) is 22.9 Å². The van der Waals surface area contributed by atoms with Crippen LogP contribution in [0.3, 0.4) is 0 Å². The second kappa shape index (κ2) is 7.28. The van der Waals surface area contributed by atoms with Crippen molar-refractivity contribution in [2.45, 2.75) is 13.3 Å². The van der Waals surface area contributed by atoms with E-state index in [1.54, 1.807) is 6.07 Å². The smallest absolute Gasteiger partial charge is 0.0920 e. The summed E-state index contributed by atoms with van der Waals surface area (Å²) in [5, 5.41) is 9.59. The fourth-order valence-electron chi connectivity index (χ4n) is 3.39. The lowest BCUT2D eigenvalue weighted by molar-refractivity contribution is 0.734. The van der Waals surface area contributed by atoms with Gasteiger partial charge in [-0.25, -0.2) is 4.68 Å². The van der Waals surface area contributed by atoms with Crippen LogP contribution in [0.5, 0.6) is 0 Å². The Hall–Kier alpha value is -2.07. The van der Waals surface area contributed by atoms with Crippen molar-refractivity contribution in [2.24, 2.45) is 0 Å². The average Bonchev–Trinajstić information content (AvgIpc) is 3.00. The maximum Gasteiger partial charge on any atom is 0.0920 e. The second-order valence-electron chi connectivity index (χ2n) is 6.38. The van der Waals surface area contributed by atoms with E-state index in [4.69, 9.17) is 28.3 Å². The molecule has 0 spiro atoms. The van der Waals surface area contributed by atoms with Crippen LogP contribution in [0, 0.1) is 6.92 Å². The number of nitrogens with one attached hydrogen (secondary N) is 1. The van der Waals surface area contributed by atoms with Gasteiger partial charge in [0, 0.05) is 22.7 Å². The summed E-state index contributed by atoms with van der Waals surface area (Å²) in [4.78, 5) is 0. The number of benzene rings is 2. The Balaban J connectivity index is 1.96. The van der Waals surface area contributed by atoms with Gasteiger partial charge < -0.3 is 5.32 Å². The van der Waals surface area contributed by atoms with E-state index in [9.17, 15) is 0 Å². The van der Waals surface area contributed by atoms with E-state index in [0.29, 0.717) is 10.0 Å². The lowest BCUT2D eigenvalue weighted by atomic mass is 9.99. The van der Waals surface area contributed by atoms with Crippen molar-refractivity contribution in [1.82, 2.24) is 15.1 Å². The van der Waals surface area contributed by atoms with Gasteiger partial charge in [-0.2, -0.15) is 5.10 Å². The molecule has 0 unspecified atom stereocenters. The predicted octanol–water partition coefficient (Wildman–Crippen LogP) is 5.53. The first-order chi connectivity index (χ1) is 12.6. The molecule has 0 radical (unpaired) electrons. The normalized spacial score (nSPS) is 14.3. The minimum atomic E-state index is 0.628. The summed E-state index contributed by atoms with van der Waals surface area (Å²) in [6.45, 7) is 3.97. The van der Waals surface area contributed by atoms with Crippen molar-refractivity contribution in [1.29, 1.82) is 0 Å². The monoisotopic (exact) mass is 383 g/mol. The van der Waals surface area contributed by atoms with Gasteiger partial charge in [-0.1, -0.05) is 47.5 Å². The molecule has 4 rings (SSSR count). The van der Waals surface area contributed by atoms with Crippen molar-refractivity contribution in [3.05, 3.63) is 75.9 Å². The molecule has 0 saturated carbocycles. The molecule has 26 heavy (non-hydrogen) atoms. The van der Waals surface area contributed by atoms with Gasteiger partial charge in [0.2, 0.25) is 0 Å². The second-order valence-corrected chi connectivity index (χ2v) is 7.22. The van der Waals surface area contributed by atoms with Crippen molar-refractivity contribution in [2.75, 3.05) is 13.1 Å². The molecular formula is C21H19Cl2N3. The van der Waals surface area contributed by atoms with Gasteiger partial charge in [0.05, 0.1) is 22.1 Å². The molecule has 0 atom stereocenters. The van der Waals surface area contributed by atoms with Crippen LogP contribution < -0.4 is 5.32 Å². The zero-order valence-corrected chi connectivity index (χ0v) is 16.0. The topological polar surface area (TPSA) is 29.9 Å². The number of para-hydroxylation sites is 1. The van der Waals surface area contributed by atoms with E-state index < -0.39 is 0 Å².